The van der Waals surface area contributed by atoms with E-state index in [0.717, 1.165) is 30.0 Å². The summed E-state index contributed by atoms with van der Waals surface area (Å²) in [5.41, 5.74) is 2.22. The molecule has 130 valence electrons. The Balaban J connectivity index is 1.30. The van der Waals surface area contributed by atoms with Gasteiger partial charge in [0.1, 0.15) is 12.2 Å². The van der Waals surface area contributed by atoms with Gasteiger partial charge in [-0.1, -0.05) is 6.07 Å². The number of nitrogens with one attached hydrogen (secondary N) is 1. The van der Waals surface area contributed by atoms with Crippen LogP contribution in [0.4, 0.5) is 0 Å². The van der Waals surface area contributed by atoms with Gasteiger partial charge in [0.25, 0.3) is 5.91 Å². The molecule has 0 aliphatic carbocycles. The van der Waals surface area contributed by atoms with E-state index >= 15 is 0 Å². The van der Waals surface area contributed by atoms with Gasteiger partial charge in [0.05, 0.1) is 5.69 Å². The van der Waals surface area contributed by atoms with Crippen molar-refractivity contribution in [3.05, 3.63) is 66.4 Å². The Kier molecular flexibility index (Phi) is 4.33. The molecule has 0 spiro atoms. The summed E-state index contributed by atoms with van der Waals surface area (Å²) in [4.78, 5) is 12.2. The predicted octanol–water partition coefficient (Wildman–Crippen LogP) is 1.07. The number of amides is 1. The van der Waals surface area contributed by atoms with Gasteiger partial charge in [-0.15, -0.1) is 15.3 Å². The highest BCUT2D eigenvalue weighted by Crippen LogP contribution is 2.08. The van der Waals surface area contributed by atoms with Crippen molar-refractivity contribution in [3.8, 4) is 5.69 Å². The first-order valence-electron chi connectivity index (χ1n) is 8.21. The summed E-state index contributed by atoms with van der Waals surface area (Å²) >= 11 is 0. The first-order valence-corrected chi connectivity index (χ1v) is 8.21. The Morgan fingerprint density at radius 2 is 1.96 bits per heavy atom. The number of aromatic nitrogens is 7. The van der Waals surface area contributed by atoms with Gasteiger partial charge in [-0.25, -0.2) is 4.68 Å². The number of tetrazole rings is 1. The second-order valence-electron chi connectivity index (χ2n) is 5.71. The van der Waals surface area contributed by atoms with E-state index in [0.29, 0.717) is 12.1 Å². The maximum atomic E-state index is 12.2. The van der Waals surface area contributed by atoms with Crippen molar-refractivity contribution in [1.29, 1.82) is 0 Å². The molecule has 1 N–H and O–H groups in total. The highest BCUT2D eigenvalue weighted by atomic mass is 16.1. The van der Waals surface area contributed by atoms with Gasteiger partial charge in [-0.05, 0) is 53.2 Å². The summed E-state index contributed by atoms with van der Waals surface area (Å²) in [6.07, 6.45) is 4.96. The topological polar surface area (TPSA) is 103 Å². The maximum Gasteiger partial charge on any atom is 0.251 e. The molecular formula is C17H16N8O. The van der Waals surface area contributed by atoms with Crippen LogP contribution in [0.1, 0.15) is 22.6 Å². The summed E-state index contributed by atoms with van der Waals surface area (Å²) in [5, 5.41) is 22.2. The lowest BCUT2D eigenvalue weighted by atomic mass is 10.2. The molecule has 0 aliphatic rings. The Morgan fingerprint density at radius 3 is 2.77 bits per heavy atom. The van der Waals surface area contributed by atoms with Crippen LogP contribution >= 0.6 is 0 Å². The lowest BCUT2D eigenvalue weighted by Crippen LogP contribution is -2.24. The molecular weight excluding hydrogens is 332 g/mol. The molecule has 26 heavy (non-hydrogen) atoms. The van der Waals surface area contributed by atoms with E-state index in [1.54, 1.807) is 24.3 Å². The van der Waals surface area contributed by atoms with Crippen LogP contribution < -0.4 is 5.32 Å². The maximum absolute atomic E-state index is 12.2. The molecule has 0 atom stereocenters. The van der Waals surface area contributed by atoms with Gasteiger partial charge in [0.2, 0.25) is 0 Å². The third kappa shape index (κ3) is 3.27. The molecule has 3 heterocycles. The van der Waals surface area contributed by atoms with Crippen LogP contribution in [-0.2, 0) is 6.42 Å². The minimum absolute atomic E-state index is 0.112. The number of benzene rings is 1. The lowest BCUT2D eigenvalue weighted by molar-refractivity contribution is 0.0953. The smallest absolute Gasteiger partial charge is 0.251 e. The second-order valence-corrected chi connectivity index (χ2v) is 5.71. The van der Waals surface area contributed by atoms with Gasteiger partial charge in [-0.2, -0.15) is 0 Å². The van der Waals surface area contributed by atoms with E-state index in [1.807, 2.05) is 28.8 Å². The van der Waals surface area contributed by atoms with Crippen LogP contribution in [-0.4, -0.2) is 47.3 Å². The Labute approximate surface area is 148 Å². The Hall–Kier alpha value is -3.62. The summed E-state index contributed by atoms with van der Waals surface area (Å²) in [6.45, 7) is 0.565. The first-order chi connectivity index (χ1) is 12.8. The van der Waals surface area contributed by atoms with Gasteiger partial charge in [0.15, 0.2) is 5.65 Å². The summed E-state index contributed by atoms with van der Waals surface area (Å²) in [5.74, 6) is 0.778. The molecule has 9 heteroatoms. The molecule has 0 radical (unpaired) electrons. The average Bonchev–Trinajstić information content (AvgIpc) is 3.35. The summed E-state index contributed by atoms with van der Waals surface area (Å²) in [7, 11) is 0. The number of nitrogens with zero attached hydrogens (tertiary/aromatic N) is 7. The van der Waals surface area contributed by atoms with Crippen molar-refractivity contribution < 1.29 is 4.79 Å². The minimum Gasteiger partial charge on any atom is -0.352 e. The fourth-order valence-corrected chi connectivity index (χ4v) is 2.66. The molecule has 0 saturated heterocycles. The third-order valence-corrected chi connectivity index (χ3v) is 3.99. The van der Waals surface area contributed by atoms with Crippen molar-refractivity contribution in [2.75, 3.05) is 6.54 Å². The molecule has 3 aromatic heterocycles. The monoisotopic (exact) mass is 348 g/mol. The highest BCUT2D eigenvalue weighted by Gasteiger charge is 2.07. The van der Waals surface area contributed by atoms with Crippen molar-refractivity contribution in [1.82, 2.24) is 40.1 Å². The number of carbonyl (C=O) groups is 1. The van der Waals surface area contributed by atoms with Crippen LogP contribution in [0.25, 0.3) is 11.3 Å². The van der Waals surface area contributed by atoms with E-state index < -0.39 is 0 Å². The number of rotatable bonds is 6. The van der Waals surface area contributed by atoms with Crippen molar-refractivity contribution in [2.24, 2.45) is 0 Å². The van der Waals surface area contributed by atoms with Crippen molar-refractivity contribution in [2.45, 2.75) is 12.8 Å². The summed E-state index contributed by atoms with van der Waals surface area (Å²) in [6, 6.07) is 12.9. The predicted molar refractivity (Wildman–Crippen MR) is 92.8 cm³/mol. The van der Waals surface area contributed by atoms with Gasteiger partial charge in [0, 0.05) is 24.7 Å². The Bertz CT molecular complexity index is 1010. The molecule has 0 fully saturated rings. The Morgan fingerprint density at radius 1 is 1.08 bits per heavy atom. The number of carbonyl (C=O) groups excluding carboxylic acids is 1. The van der Waals surface area contributed by atoms with Crippen molar-refractivity contribution >= 4 is 11.6 Å². The van der Waals surface area contributed by atoms with E-state index in [-0.39, 0.29) is 5.91 Å². The highest BCUT2D eigenvalue weighted by molar-refractivity contribution is 5.94. The zero-order chi connectivity index (χ0) is 17.8. The normalized spacial score (nSPS) is 10.9. The van der Waals surface area contributed by atoms with Crippen LogP contribution in [0, 0.1) is 0 Å². The molecule has 1 amide bonds. The number of aryl methyl sites for hydroxylation is 1. The van der Waals surface area contributed by atoms with Crippen LogP contribution in [0.15, 0.2) is 55.0 Å². The van der Waals surface area contributed by atoms with Crippen molar-refractivity contribution in [3.63, 3.8) is 0 Å². The fourth-order valence-electron chi connectivity index (χ4n) is 2.66. The number of hydrogen-bond donors (Lipinski definition) is 1. The first kappa shape index (κ1) is 15.9. The third-order valence-electron chi connectivity index (χ3n) is 3.99. The van der Waals surface area contributed by atoms with E-state index in [4.69, 9.17) is 0 Å². The molecule has 0 bridgehead atoms. The molecule has 0 unspecified atom stereocenters. The molecule has 4 rings (SSSR count). The standard InChI is InChI=1S/C17H16N8O/c26-17(13-6-8-14(9-7-13)25-12-19-22-23-25)18-10-3-5-16-21-20-15-4-1-2-11-24(15)16/h1-2,4,6-9,11-12H,3,5,10H2,(H,18,26). The summed E-state index contributed by atoms with van der Waals surface area (Å²) < 4.78 is 3.49. The average molecular weight is 348 g/mol. The quantitative estimate of drug-likeness (QED) is 0.523. The van der Waals surface area contributed by atoms with Gasteiger partial charge in [-0.3, -0.25) is 9.20 Å². The van der Waals surface area contributed by atoms with Gasteiger partial charge < -0.3 is 5.32 Å². The second kappa shape index (κ2) is 7.09. The fraction of sp³-hybridized carbons (Fsp3) is 0.176. The van der Waals surface area contributed by atoms with E-state index in [1.165, 1.54) is 11.0 Å². The zero-order valence-electron chi connectivity index (χ0n) is 13.9. The van der Waals surface area contributed by atoms with Gasteiger partial charge >= 0.3 is 0 Å². The van der Waals surface area contributed by atoms with Crippen LogP contribution in [0.5, 0.6) is 0 Å². The zero-order valence-corrected chi connectivity index (χ0v) is 13.9. The van der Waals surface area contributed by atoms with E-state index in [9.17, 15) is 4.79 Å². The molecule has 1 aromatic carbocycles. The largest absolute Gasteiger partial charge is 0.352 e. The SMILES string of the molecule is O=C(NCCCc1nnc2ccccn12)c1ccc(-n2cnnn2)cc1. The molecule has 9 nitrogen and oxygen atoms in total. The molecule has 0 saturated carbocycles. The number of fused-ring (bicyclic) bond motifs is 1. The number of pyridine rings is 1. The van der Waals surface area contributed by atoms with Crippen LogP contribution in [0.2, 0.25) is 0 Å². The molecule has 0 aliphatic heterocycles. The minimum atomic E-state index is -0.112. The van der Waals surface area contributed by atoms with E-state index in [2.05, 4.69) is 31.0 Å². The molecule has 4 aromatic rings. The lowest BCUT2D eigenvalue weighted by Gasteiger charge is -2.06. The van der Waals surface area contributed by atoms with Crippen LogP contribution in [0.3, 0.4) is 0 Å². The number of hydrogen-bond acceptors (Lipinski definition) is 6.